The summed E-state index contributed by atoms with van der Waals surface area (Å²) >= 11 is 1.35. The second kappa shape index (κ2) is 5.96. The molecule has 2 rings (SSSR count). The van der Waals surface area contributed by atoms with Crippen LogP contribution in [0.25, 0.3) is 10.9 Å². The number of aromatic nitrogens is 2. The monoisotopic (exact) mass is 337 g/mol. The lowest BCUT2D eigenvalue weighted by Crippen LogP contribution is -2.27. The largest absolute Gasteiger partial charge is 0.442 e. The van der Waals surface area contributed by atoms with Crippen molar-refractivity contribution >= 4 is 34.9 Å². The molecule has 0 amide bonds. The first-order chi connectivity index (χ1) is 10.5. The van der Waals surface area contributed by atoms with Gasteiger partial charge in [-0.2, -0.15) is 4.68 Å². The summed E-state index contributed by atoms with van der Waals surface area (Å²) in [5.74, 6) is 0.906. The van der Waals surface area contributed by atoms with Crippen molar-refractivity contribution in [2.75, 3.05) is 5.73 Å². The molecule has 0 aliphatic heterocycles. The van der Waals surface area contributed by atoms with Gasteiger partial charge in [0.15, 0.2) is 5.82 Å². The smallest absolute Gasteiger partial charge is 0.435 e. The average Bonchev–Trinajstić information content (AvgIpc) is 2.71. The van der Waals surface area contributed by atoms with Gasteiger partial charge in [-0.1, -0.05) is 0 Å². The van der Waals surface area contributed by atoms with Gasteiger partial charge < -0.3 is 14.7 Å². The van der Waals surface area contributed by atoms with Crippen LogP contribution in [0.5, 0.6) is 5.75 Å². The van der Waals surface area contributed by atoms with E-state index in [9.17, 15) is 4.79 Å². The molecule has 0 spiro atoms. The summed E-state index contributed by atoms with van der Waals surface area (Å²) in [6.45, 7) is 11.6. The lowest BCUT2D eigenvalue weighted by molar-refractivity contribution is 0.0523. The summed E-state index contributed by atoms with van der Waals surface area (Å²) in [6.07, 6.45) is -0.570. The summed E-state index contributed by atoms with van der Waals surface area (Å²) in [6, 6.07) is 5.33. The Balaban J connectivity index is 2.36. The van der Waals surface area contributed by atoms with Gasteiger partial charge in [0, 0.05) is 16.2 Å². The maximum absolute atomic E-state index is 12.3. The van der Waals surface area contributed by atoms with Crippen molar-refractivity contribution in [2.24, 2.45) is 0 Å². The van der Waals surface area contributed by atoms with Crippen LogP contribution < -0.4 is 9.92 Å². The first kappa shape index (κ1) is 17.5. The Labute approximate surface area is 140 Å². The number of hydrogen-bond donors (Lipinski definition) is 1. The minimum absolute atomic E-state index is 0.0423. The molecule has 1 heterocycles. The molecule has 0 aliphatic carbocycles. The van der Waals surface area contributed by atoms with Gasteiger partial charge in [0.05, 0.1) is 17.6 Å². The van der Waals surface area contributed by atoms with Crippen molar-refractivity contribution < 1.29 is 13.7 Å². The number of nitrogen functional groups attached to an aromatic ring is 1. The predicted molar refractivity (Wildman–Crippen MR) is 93.7 cm³/mol. The number of benzene rings is 1. The van der Waals surface area contributed by atoms with Crippen LogP contribution in [0, 0.1) is 0 Å². The summed E-state index contributed by atoms with van der Waals surface area (Å²) in [7, 11) is 0. The van der Waals surface area contributed by atoms with Crippen LogP contribution in [0.2, 0.25) is 0 Å². The van der Waals surface area contributed by atoms with Crippen molar-refractivity contribution in [3.05, 3.63) is 18.2 Å². The van der Waals surface area contributed by atoms with E-state index in [2.05, 4.69) is 25.9 Å². The minimum Gasteiger partial charge on any atom is -0.442 e. The first-order valence-electron chi connectivity index (χ1n) is 7.33. The molecule has 126 valence electrons. The lowest BCUT2D eigenvalue weighted by atomic mass is 10.2. The summed E-state index contributed by atoms with van der Waals surface area (Å²) in [5.41, 5.74) is 5.83. The highest BCUT2D eigenvalue weighted by atomic mass is 32.2. The topological polar surface area (TPSA) is 79.4 Å². The Morgan fingerprint density at radius 3 is 2.43 bits per heavy atom. The molecule has 0 fully saturated rings. The standard InChI is InChI=1S/C16H23N3O3S/c1-15(2,3)21-14(20)19-12-9-10(22-23-16(4,5)6)7-8-11(12)13(17)18-19/h7-9H,1-6H3,(H2,17,18). The van der Waals surface area contributed by atoms with Crippen molar-refractivity contribution in [3.8, 4) is 5.75 Å². The Morgan fingerprint density at radius 1 is 1.22 bits per heavy atom. The SMILES string of the molecule is CC(C)(C)OC(=O)n1nc(N)c2ccc(OSC(C)(C)C)cc21. The van der Waals surface area contributed by atoms with Gasteiger partial charge in [-0.05, 0) is 53.7 Å². The third-order valence-corrected chi connectivity index (χ3v) is 3.41. The highest BCUT2D eigenvalue weighted by molar-refractivity contribution is 7.96. The third-order valence-electron chi connectivity index (χ3n) is 2.64. The van der Waals surface area contributed by atoms with Gasteiger partial charge in [-0.3, -0.25) is 0 Å². The fourth-order valence-electron chi connectivity index (χ4n) is 1.79. The molecule has 0 aliphatic rings. The Kier molecular flexibility index (Phi) is 4.52. The predicted octanol–water partition coefficient (Wildman–Crippen LogP) is 4.23. The van der Waals surface area contributed by atoms with Crippen LogP contribution >= 0.6 is 12.0 Å². The highest BCUT2D eigenvalue weighted by Gasteiger charge is 2.22. The number of fused-ring (bicyclic) bond motifs is 1. The minimum atomic E-state index is -0.611. The van der Waals surface area contributed by atoms with Crippen LogP contribution in [0.3, 0.4) is 0 Å². The van der Waals surface area contributed by atoms with E-state index in [1.807, 2.05) is 0 Å². The number of hydrogen-bond acceptors (Lipinski definition) is 6. The number of carbonyl (C=O) groups is 1. The normalized spacial score (nSPS) is 12.4. The molecule has 6 nitrogen and oxygen atoms in total. The van der Waals surface area contributed by atoms with E-state index < -0.39 is 11.7 Å². The molecule has 0 radical (unpaired) electrons. The number of carbonyl (C=O) groups excluding carboxylic acids is 1. The number of rotatable bonds is 2. The van der Waals surface area contributed by atoms with E-state index in [0.29, 0.717) is 16.7 Å². The quantitative estimate of drug-likeness (QED) is 0.826. The molecule has 0 bridgehead atoms. The molecule has 2 N–H and O–H groups in total. The fraction of sp³-hybridized carbons (Fsp3) is 0.500. The van der Waals surface area contributed by atoms with E-state index in [4.69, 9.17) is 14.7 Å². The van der Waals surface area contributed by atoms with Crippen molar-refractivity contribution in [1.29, 1.82) is 0 Å². The third kappa shape index (κ3) is 4.54. The Morgan fingerprint density at radius 2 is 1.87 bits per heavy atom. The Hall–Kier alpha value is -1.89. The van der Waals surface area contributed by atoms with Crippen molar-refractivity contribution in [2.45, 2.75) is 51.9 Å². The zero-order valence-corrected chi connectivity index (χ0v) is 15.2. The molecule has 23 heavy (non-hydrogen) atoms. The molecule has 0 saturated heterocycles. The molecule has 7 heteroatoms. The van der Waals surface area contributed by atoms with Crippen LogP contribution in [0.1, 0.15) is 41.5 Å². The van der Waals surface area contributed by atoms with Gasteiger partial charge in [0.25, 0.3) is 0 Å². The van der Waals surface area contributed by atoms with Crippen LogP contribution in [0.15, 0.2) is 18.2 Å². The van der Waals surface area contributed by atoms with Crippen LogP contribution in [-0.2, 0) is 4.74 Å². The molecule has 1 aromatic heterocycles. The number of ether oxygens (including phenoxy) is 1. The number of anilines is 1. The molecular formula is C16H23N3O3S. The molecular weight excluding hydrogens is 314 g/mol. The van der Waals surface area contributed by atoms with Gasteiger partial charge in [-0.25, -0.2) is 4.79 Å². The fourth-order valence-corrected chi connectivity index (χ4v) is 2.24. The maximum Gasteiger partial charge on any atom is 0.435 e. The molecule has 0 atom stereocenters. The van der Waals surface area contributed by atoms with E-state index in [1.54, 1.807) is 39.0 Å². The zero-order chi connectivity index (χ0) is 17.4. The first-order valence-corrected chi connectivity index (χ1v) is 8.08. The van der Waals surface area contributed by atoms with Crippen molar-refractivity contribution in [3.63, 3.8) is 0 Å². The van der Waals surface area contributed by atoms with Gasteiger partial charge >= 0.3 is 6.09 Å². The number of nitrogens with two attached hydrogens (primary N) is 1. The number of nitrogens with zero attached hydrogens (tertiary/aromatic N) is 2. The molecule has 0 unspecified atom stereocenters. The second-order valence-electron chi connectivity index (χ2n) is 7.24. The molecule has 2 aromatic rings. The van der Waals surface area contributed by atoms with E-state index >= 15 is 0 Å². The van der Waals surface area contributed by atoms with E-state index in [0.717, 1.165) is 0 Å². The summed E-state index contributed by atoms with van der Waals surface area (Å²) in [5, 5.41) is 4.77. The zero-order valence-electron chi connectivity index (χ0n) is 14.3. The molecule has 0 saturated carbocycles. The average molecular weight is 337 g/mol. The van der Waals surface area contributed by atoms with Crippen LogP contribution in [-0.4, -0.2) is 26.2 Å². The Bertz CT molecular complexity index is 726. The summed E-state index contributed by atoms with van der Waals surface area (Å²) in [4.78, 5) is 12.3. The lowest BCUT2D eigenvalue weighted by Gasteiger charge is -2.19. The summed E-state index contributed by atoms with van der Waals surface area (Å²) < 4.78 is 12.2. The van der Waals surface area contributed by atoms with Crippen LogP contribution in [0.4, 0.5) is 10.6 Å². The van der Waals surface area contributed by atoms with Gasteiger partial charge in [0.1, 0.15) is 11.4 Å². The van der Waals surface area contributed by atoms with Gasteiger partial charge in [0.2, 0.25) is 0 Å². The second-order valence-corrected chi connectivity index (χ2v) is 8.79. The van der Waals surface area contributed by atoms with Crippen molar-refractivity contribution in [1.82, 2.24) is 9.78 Å². The van der Waals surface area contributed by atoms with E-state index in [-0.39, 0.29) is 10.6 Å². The maximum atomic E-state index is 12.3. The molecule has 1 aromatic carbocycles. The van der Waals surface area contributed by atoms with E-state index in [1.165, 1.54) is 16.7 Å². The highest BCUT2D eigenvalue weighted by Crippen LogP contribution is 2.31. The van der Waals surface area contributed by atoms with Gasteiger partial charge in [-0.15, -0.1) is 5.10 Å².